The summed E-state index contributed by atoms with van der Waals surface area (Å²) in [4.78, 5) is 89.5. The van der Waals surface area contributed by atoms with Gasteiger partial charge in [0.05, 0.1) is 35.4 Å². The number of urea groups is 2. The van der Waals surface area contributed by atoms with Crippen LogP contribution in [0.5, 0.6) is 0 Å². The van der Waals surface area contributed by atoms with Gasteiger partial charge in [-0.05, 0) is 56.2 Å². The first-order valence-electron chi connectivity index (χ1n) is 19.9. The maximum Gasteiger partial charge on any atom is 0.403 e. The summed E-state index contributed by atoms with van der Waals surface area (Å²) in [6, 6.07) is 5.66. The van der Waals surface area contributed by atoms with Crippen molar-refractivity contribution in [2.24, 2.45) is 25.7 Å². The van der Waals surface area contributed by atoms with E-state index in [1.807, 2.05) is 4.90 Å². The monoisotopic (exact) mass is 919 g/mol. The third kappa shape index (κ3) is 10.3. The third-order valence-corrected chi connectivity index (χ3v) is 10.9. The van der Waals surface area contributed by atoms with Crippen molar-refractivity contribution in [1.82, 2.24) is 29.5 Å². The lowest BCUT2D eigenvalue weighted by atomic mass is 10.0. The van der Waals surface area contributed by atoms with Crippen LogP contribution < -0.4 is 47.1 Å². The Labute approximate surface area is 364 Å². The van der Waals surface area contributed by atoms with Gasteiger partial charge in [0, 0.05) is 59.1 Å². The van der Waals surface area contributed by atoms with Gasteiger partial charge in [-0.1, -0.05) is 6.92 Å². The summed E-state index contributed by atoms with van der Waals surface area (Å²) in [5.41, 5.74) is 4.69. The Morgan fingerprint density at radius 2 is 1.14 bits per heavy atom. The molecule has 4 aromatic heterocycles. The maximum atomic E-state index is 13.1. The van der Waals surface area contributed by atoms with Crippen molar-refractivity contribution < 1.29 is 50.6 Å². The van der Waals surface area contributed by atoms with E-state index in [0.717, 1.165) is 36.2 Å². The lowest BCUT2D eigenvalue weighted by Crippen LogP contribution is -2.49. The number of Topliss-reactive ketones (excluding diaryl/α,β-unsaturated/α-hetero) is 1. The number of hydrogen-bond acceptors (Lipinski definition) is 13. The van der Waals surface area contributed by atoms with Crippen molar-refractivity contribution in [3.63, 3.8) is 0 Å². The summed E-state index contributed by atoms with van der Waals surface area (Å²) in [7, 11) is 2.94. The first-order valence-corrected chi connectivity index (χ1v) is 19.9. The van der Waals surface area contributed by atoms with Crippen LogP contribution in [-0.4, -0.2) is 115 Å². The lowest BCUT2D eigenvalue weighted by molar-refractivity contribution is -0.168. The smallest absolute Gasteiger partial charge is 0.403 e. The SMILES string of the molecule is C[C@@H](CC(=O)c1ccc2c(n1)N(C(=O)Nc1ccnn(C)c1=O)[C@H]1CCN2C1)C(F)(F)F.C[C@@H](N)C(F)(F)F.Cn1nccc(NC(=O)N2c3nc(C(=O)O)ccc3N3CC[C@H]2C3)c1=O. The number of carbonyl (C=O) groups is 4. The van der Waals surface area contributed by atoms with Crippen molar-refractivity contribution >= 4 is 58.2 Å². The number of aromatic nitrogens is 6. The van der Waals surface area contributed by atoms with E-state index in [9.17, 15) is 60.2 Å². The second-order valence-corrected chi connectivity index (χ2v) is 15.5. The standard InChI is InChI=1S/C20H21F3N6O3.C16H16N6O4.C3H6F3N/c1-11(20(21,22)23)9-16(30)13-3-4-15-17(25-13)29(12-6-8-28(15)10-12)19(32)26-14-5-7-24-27(2)18(14)31;1-20-14(23)10(4-6-17-20)19-16(26)22-9-5-7-21(8-9)12-3-2-11(15(24)25)18-13(12)22;1-2(7)3(4,5)6/h3-5,7,11-12H,6,8-10H2,1-2H3,(H,26,32);2-4,6,9H,5,7-8H2,1H3,(H,19,26)(H,24,25);2H,7H2,1H3/t11-,12-;9-;2-/m001/s1. The average molecular weight is 920 g/mol. The molecule has 4 amide bonds. The molecular weight excluding hydrogens is 877 g/mol. The van der Waals surface area contributed by atoms with Gasteiger partial charge in [-0.15, -0.1) is 0 Å². The van der Waals surface area contributed by atoms with Crippen molar-refractivity contribution in [2.75, 3.05) is 56.4 Å². The highest BCUT2D eigenvalue weighted by atomic mass is 19.4. The fourth-order valence-corrected chi connectivity index (χ4v) is 7.27. The molecule has 0 unspecified atom stereocenters. The summed E-state index contributed by atoms with van der Waals surface area (Å²) in [6.45, 7) is 4.46. The van der Waals surface area contributed by atoms with Crippen LogP contribution >= 0.6 is 0 Å². The van der Waals surface area contributed by atoms with Crippen molar-refractivity contribution in [3.05, 3.63) is 80.9 Å². The van der Waals surface area contributed by atoms with Gasteiger partial charge < -0.3 is 31.3 Å². The summed E-state index contributed by atoms with van der Waals surface area (Å²) in [5.74, 6) is -3.25. The molecule has 26 heteroatoms. The highest BCUT2D eigenvalue weighted by molar-refractivity contribution is 6.06. The molecular formula is C39H43F6N13O7. The van der Waals surface area contributed by atoms with Gasteiger partial charge in [0.1, 0.15) is 17.1 Å². The van der Waals surface area contributed by atoms with E-state index < -0.39 is 65.7 Å². The molecule has 20 nitrogen and oxygen atoms in total. The number of carbonyl (C=O) groups excluding carboxylic acids is 3. The summed E-state index contributed by atoms with van der Waals surface area (Å²) in [5, 5.41) is 22.0. The maximum absolute atomic E-state index is 13.1. The number of aromatic carboxylic acids is 1. The number of aryl methyl sites for hydroxylation is 2. The quantitative estimate of drug-likeness (QED) is 0.158. The summed E-state index contributed by atoms with van der Waals surface area (Å²) >= 11 is 0. The molecule has 0 aromatic carbocycles. The van der Waals surface area contributed by atoms with Gasteiger partial charge in [-0.3, -0.25) is 24.2 Å². The van der Waals surface area contributed by atoms with Crippen LogP contribution in [0.3, 0.4) is 0 Å². The molecule has 0 spiro atoms. The number of nitrogens with one attached hydrogen (secondary N) is 2. The number of carboxylic acid groups (broad SMARTS) is 1. The number of halogens is 6. The molecule has 0 radical (unpaired) electrons. The van der Waals surface area contributed by atoms with Crippen LogP contribution in [0.25, 0.3) is 0 Å². The van der Waals surface area contributed by atoms with Crippen LogP contribution in [0, 0.1) is 5.92 Å². The first kappa shape index (κ1) is 47.4. The number of carboxylic acids is 1. The molecule has 2 fully saturated rings. The second kappa shape index (κ2) is 18.5. The van der Waals surface area contributed by atoms with Crippen LogP contribution in [0.1, 0.15) is 54.1 Å². The van der Waals surface area contributed by atoms with Crippen LogP contribution in [0.15, 0.2) is 58.4 Å². The molecule has 4 aromatic rings. The van der Waals surface area contributed by atoms with E-state index in [1.165, 1.54) is 60.6 Å². The summed E-state index contributed by atoms with van der Waals surface area (Å²) < 4.78 is 74.0. The Kier molecular flexibility index (Phi) is 13.5. The molecule has 8 heterocycles. The molecule has 65 heavy (non-hydrogen) atoms. The highest BCUT2D eigenvalue weighted by Gasteiger charge is 2.43. The van der Waals surface area contributed by atoms with Gasteiger partial charge in [-0.2, -0.15) is 36.5 Å². The van der Waals surface area contributed by atoms with Crippen molar-refractivity contribution in [1.29, 1.82) is 0 Å². The third-order valence-electron chi connectivity index (χ3n) is 10.9. The number of amides is 4. The first-order chi connectivity index (χ1) is 30.5. The molecule has 8 rings (SSSR count). The Balaban J connectivity index is 0.000000191. The van der Waals surface area contributed by atoms with Crippen molar-refractivity contribution in [3.8, 4) is 0 Å². The van der Waals surface area contributed by atoms with E-state index in [1.54, 1.807) is 12.1 Å². The number of alkyl halides is 6. The molecule has 2 saturated heterocycles. The zero-order valence-electron chi connectivity index (χ0n) is 35.1. The number of anilines is 6. The molecule has 4 aliphatic rings. The van der Waals surface area contributed by atoms with Gasteiger partial charge >= 0.3 is 30.4 Å². The minimum absolute atomic E-state index is 0.0284. The zero-order valence-corrected chi connectivity index (χ0v) is 35.1. The molecule has 0 saturated carbocycles. The van der Waals surface area contributed by atoms with E-state index in [4.69, 9.17) is 0 Å². The fourth-order valence-electron chi connectivity index (χ4n) is 7.27. The zero-order chi connectivity index (χ0) is 47.7. The van der Waals surface area contributed by atoms with E-state index in [2.05, 4.69) is 41.4 Å². The number of nitrogens with two attached hydrogens (primary N) is 1. The van der Waals surface area contributed by atoms with Gasteiger partial charge in [0.25, 0.3) is 11.1 Å². The Morgan fingerprint density at radius 3 is 1.54 bits per heavy atom. The minimum Gasteiger partial charge on any atom is -0.477 e. The molecule has 4 aliphatic heterocycles. The topological polar surface area (TPSA) is 247 Å². The normalized spacial score (nSPS) is 18.0. The van der Waals surface area contributed by atoms with E-state index in [0.29, 0.717) is 43.2 Å². The predicted octanol–water partition coefficient (Wildman–Crippen LogP) is 3.98. The minimum atomic E-state index is -4.49. The second-order valence-electron chi connectivity index (χ2n) is 15.5. The number of fused-ring (bicyclic) bond motifs is 8. The van der Waals surface area contributed by atoms with Crippen LogP contribution in [0.4, 0.5) is 70.3 Å². The van der Waals surface area contributed by atoms with E-state index in [-0.39, 0.29) is 40.7 Å². The van der Waals surface area contributed by atoms with Crippen molar-refractivity contribution in [2.45, 2.75) is 63.6 Å². The van der Waals surface area contributed by atoms with Gasteiger partial charge in [-0.25, -0.2) is 33.7 Å². The van der Waals surface area contributed by atoms with Gasteiger partial charge in [0.15, 0.2) is 23.1 Å². The summed E-state index contributed by atoms with van der Waals surface area (Å²) in [6.07, 6.45) is -5.28. The van der Waals surface area contributed by atoms with Crippen LogP contribution in [-0.2, 0) is 14.1 Å². The number of pyridine rings is 2. The molecule has 5 N–H and O–H groups in total. The predicted molar refractivity (Wildman–Crippen MR) is 222 cm³/mol. The lowest BCUT2D eigenvalue weighted by Gasteiger charge is -2.35. The largest absolute Gasteiger partial charge is 0.477 e. The molecule has 348 valence electrons. The number of hydrogen-bond donors (Lipinski definition) is 4. The van der Waals surface area contributed by atoms with Crippen LogP contribution in [0.2, 0.25) is 0 Å². The number of nitrogens with zero attached hydrogens (tertiary/aromatic N) is 10. The molecule has 4 atom stereocenters. The molecule has 0 aliphatic carbocycles. The highest BCUT2D eigenvalue weighted by Crippen LogP contribution is 2.41. The number of ketones is 1. The Bertz CT molecular complexity index is 2600. The van der Waals surface area contributed by atoms with E-state index >= 15 is 0 Å². The fraction of sp³-hybridized carbons (Fsp3) is 0.436. The Hall–Kier alpha value is -7.12. The molecule has 4 bridgehead atoms. The van der Waals surface area contributed by atoms with Gasteiger partial charge in [0.2, 0.25) is 0 Å². The average Bonchev–Trinajstić information content (AvgIpc) is 3.86. The number of rotatable bonds is 6. The Morgan fingerprint density at radius 1 is 0.723 bits per heavy atom.